The molecule has 18 nitrogen and oxygen atoms in total. The molecule has 1 radical (unpaired) electrons. The van der Waals surface area contributed by atoms with Gasteiger partial charge in [-0.05, 0) is 63.2 Å². The zero-order chi connectivity index (χ0) is 45.9. The van der Waals surface area contributed by atoms with Crippen molar-refractivity contribution in [3.63, 3.8) is 0 Å². The van der Waals surface area contributed by atoms with Gasteiger partial charge in [0.15, 0.2) is 18.3 Å². The topological polar surface area (TPSA) is 238 Å². The number of amidine groups is 2. The Hall–Kier alpha value is -5.64. The summed E-state index contributed by atoms with van der Waals surface area (Å²) < 4.78 is 33.4. The monoisotopic (exact) mass is 963 g/mol. The van der Waals surface area contributed by atoms with Gasteiger partial charge in [0.25, 0.3) is 0 Å². The van der Waals surface area contributed by atoms with E-state index in [4.69, 9.17) is 73.1 Å². The van der Waals surface area contributed by atoms with Crippen LogP contribution in [0.3, 0.4) is 0 Å². The number of halogens is 3. The predicted octanol–water partition coefficient (Wildman–Crippen LogP) is 7.01. The Labute approximate surface area is 379 Å². The van der Waals surface area contributed by atoms with Gasteiger partial charge in [0.1, 0.15) is 28.6 Å². The van der Waals surface area contributed by atoms with Crippen LogP contribution in [0.15, 0.2) is 75.7 Å². The molecule has 0 fully saturated rings. The SMILES string of the molecule is COc1ccnc(OC)c1C.COc1ccnc(OC)c1CBr.COc1ccnc(OC)c1CO/N=C(\N)c1cc(Cl)cc(C)n1.Cc1cc(Cl)cc(/C(N)=N/O)n1.[B]=NS. The van der Waals surface area contributed by atoms with Crippen LogP contribution in [0.2, 0.25) is 10.0 Å². The summed E-state index contributed by atoms with van der Waals surface area (Å²) in [5.41, 5.74) is 15.9. The number of nitrogens with zero attached hydrogens (tertiary/aromatic N) is 8. The maximum absolute atomic E-state index is 8.35. The number of aromatic nitrogens is 5. The average molecular weight is 966 g/mol. The van der Waals surface area contributed by atoms with Gasteiger partial charge < -0.3 is 49.9 Å². The van der Waals surface area contributed by atoms with E-state index in [-0.39, 0.29) is 18.3 Å². The van der Waals surface area contributed by atoms with Crippen molar-refractivity contribution in [1.29, 1.82) is 0 Å². The molecule has 23 heteroatoms. The number of thiol groups is 1. The quantitative estimate of drug-likeness (QED) is 0.0187. The van der Waals surface area contributed by atoms with E-state index in [9.17, 15) is 0 Å². The normalized spacial score (nSPS) is 10.3. The van der Waals surface area contributed by atoms with E-state index in [2.05, 4.69) is 75.9 Å². The molecule has 0 bridgehead atoms. The fraction of sp³-hybridized carbons (Fsp3) is 0.289. The Bertz CT molecular complexity index is 2090. The first-order chi connectivity index (χ1) is 29.2. The second-order valence-corrected chi connectivity index (χ2v) is 12.9. The van der Waals surface area contributed by atoms with Gasteiger partial charge in [0.2, 0.25) is 17.6 Å². The third-order valence-corrected chi connectivity index (χ3v) is 8.27. The molecule has 5 N–H and O–H groups in total. The van der Waals surface area contributed by atoms with Crippen molar-refractivity contribution < 1.29 is 38.5 Å². The van der Waals surface area contributed by atoms with Gasteiger partial charge in [-0.2, -0.15) is 0 Å². The summed E-state index contributed by atoms with van der Waals surface area (Å²) >= 11 is 18.2. The summed E-state index contributed by atoms with van der Waals surface area (Å²) in [6, 6.07) is 11.9. The number of nitrogens with two attached hydrogens (primary N) is 2. The first kappa shape index (κ1) is 53.4. The fourth-order valence-corrected chi connectivity index (χ4v) is 5.65. The molecule has 0 aromatic carbocycles. The van der Waals surface area contributed by atoms with Gasteiger partial charge in [-0.15, -0.1) is 0 Å². The van der Waals surface area contributed by atoms with Crippen LogP contribution >= 0.6 is 51.9 Å². The molecule has 0 spiro atoms. The number of pyridine rings is 5. The van der Waals surface area contributed by atoms with Gasteiger partial charge in [-0.25, -0.2) is 24.9 Å². The number of methoxy groups -OCH3 is 6. The number of oxime groups is 2. The molecule has 0 unspecified atom stereocenters. The number of rotatable bonds is 12. The number of alkyl halides is 1. The van der Waals surface area contributed by atoms with Gasteiger partial charge in [0.05, 0.1) is 59.3 Å². The van der Waals surface area contributed by atoms with Crippen LogP contribution in [0.4, 0.5) is 0 Å². The Balaban J connectivity index is 0.000000420. The molecule has 5 heterocycles. The van der Waals surface area contributed by atoms with Crippen LogP contribution in [0.1, 0.15) is 39.5 Å². The molecule has 327 valence electrons. The zero-order valence-corrected chi connectivity index (χ0v) is 38.9. The van der Waals surface area contributed by atoms with E-state index in [1.54, 1.807) is 97.5 Å². The van der Waals surface area contributed by atoms with Crippen LogP contribution < -0.4 is 39.9 Å². The summed E-state index contributed by atoms with van der Waals surface area (Å²) in [6.07, 6.45) is 4.89. The third kappa shape index (κ3) is 18.3. The van der Waals surface area contributed by atoms with Gasteiger partial charge in [-0.3, -0.25) is 0 Å². The summed E-state index contributed by atoms with van der Waals surface area (Å²) in [7, 11) is 13.8. The molecule has 5 aromatic heterocycles. The Morgan fingerprint density at radius 2 is 1.10 bits per heavy atom. The number of aryl methyl sites for hydroxylation is 2. The van der Waals surface area contributed by atoms with Crippen molar-refractivity contribution in [2.45, 2.75) is 32.7 Å². The molecule has 0 aliphatic rings. The summed E-state index contributed by atoms with van der Waals surface area (Å²) in [5, 5.41) is 16.7. The zero-order valence-electron chi connectivity index (χ0n) is 34.9. The molecule has 5 aromatic rings. The van der Waals surface area contributed by atoms with E-state index in [0.717, 1.165) is 34.0 Å². The van der Waals surface area contributed by atoms with Crippen molar-refractivity contribution in [3.8, 4) is 34.9 Å². The molecule has 0 atom stereocenters. The average Bonchev–Trinajstić information content (AvgIpc) is 3.26. The van der Waals surface area contributed by atoms with Crippen LogP contribution in [0.5, 0.6) is 34.9 Å². The molecule has 5 rings (SSSR count). The summed E-state index contributed by atoms with van der Waals surface area (Å²) in [4.78, 5) is 25.7. The number of hydrogen-bond acceptors (Lipinski definition) is 17. The Morgan fingerprint density at radius 3 is 1.51 bits per heavy atom. The van der Waals surface area contributed by atoms with Crippen LogP contribution in [-0.4, -0.2) is 92.1 Å². The molecular formula is C38H47BBrCl2N10O8S. The summed E-state index contributed by atoms with van der Waals surface area (Å²) in [5.74, 6) is 3.88. The fourth-order valence-electron chi connectivity index (χ4n) is 4.61. The van der Waals surface area contributed by atoms with E-state index >= 15 is 0 Å². The first-order valence-electron chi connectivity index (χ1n) is 17.2. The van der Waals surface area contributed by atoms with Gasteiger partial charge in [-0.1, -0.05) is 49.4 Å². The maximum atomic E-state index is 8.35. The predicted molar refractivity (Wildman–Crippen MR) is 243 cm³/mol. The van der Waals surface area contributed by atoms with E-state index in [1.807, 2.05) is 13.8 Å². The number of hydrogen-bond donors (Lipinski definition) is 4. The Morgan fingerprint density at radius 1 is 0.689 bits per heavy atom. The summed E-state index contributed by atoms with van der Waals surface area (Å²) in [6.45, 7) is 5.58. The minimum atomic E-state index is -0.0411. The van der Waals surface area contributed by atoms with E-state index in [0.29, 0.717) is 55.7 Å². The first-order valence-corrected chi connectivity index (χ1v) is 19.5. The molecule has 61 heavy (non-hydrogen) atoms. The van der Waals surface area contributed by atoms with Crippen LogP contribution in [-0.2, 0) is 16.8 Å². The van der Waals surface area contributed by atoms with E-state index in [1.165, 1.54) is 13.2 Å². The molecule has 0 saturated heterocycles. The van der Waals surface area contributed by atoms with Crippen molar-refractivity contribution >= 4 is 71.3 Å². The van der Waals surface area contributed by atoms with Crippen molar-refractivity contribution in [2.24, 2.45) is 26.1 Å². The number of ether oxygens (including phenoxy) is 6. The molecule has 0 amide bonds. The minimum absolute atomic E-state index is 0.0411. The van der Waals surface area contributed by atoms with Gasteiger partial charge in [0, 0.05) is 45.4 Å². The molecule has 0 aliphatic heterocycles. The van der Waals surface area contributed by atoms with Gasteiger partial charge >= 0.3 is 24.8 Å². The molecule has 0 saturated carbocycles. The van der Waals surface area contributed by atoms with Crippen molar-refractivity contribution in [2.75, 3.05) is 42.7 Å². The van der Waals surface area contributed by atoms with Crippen molar-refractivity contribution in [1.82, 2.24) is 24.9 Å². The van der Waals surface area contributed by atoms with Crippen LogP contribution in [0, 0.1) is 20.8 Å². The molecular weight excluding hydrogens is 918 g/mol. The third-order valence-electron chi connectivity index (χ3n) is 7.27. The van der Waals surface area contributed by atoms with E-state index < -0.39 is 0 Å². The molecule has 0 aliphatic carbocycles. The van der Waals surface area contributed by atoms with Crippen LogP contribution in [0.25, 0.3) is 0 Å². The van der Waals surface area contributed by atoms with Crippen molar-refractivity contribution in [3.05, 3.63) is 111 Å². The Kier molecular flexibility index (Phi) is 25.9. The standard InChI is InChI=1S/C15H17ClN4O3.C8H10BrNO2.C8H11NO2.C7H8ClN3O.BHNS/c1-9-6-10(16)7-12(19-9)14(17)20-23-8-11-13(21-2)4-5-18-15(11)22-3;1-11-7-3-4-10-8(12-2)6(7)5-9;1-6-7(10-2)4-5-9-8(6)11-3;1-4-2-5(8)3-6(10-4)7(9)11-12;1-2-3/h4-7H,8H2,1-3H3,(H2,17,20);3-4H,5H2,1-2H3;4-5H,1-3H3;2-3,12H,1H3,(H2,9,11);3H. The second kappa shape index (κ2) is 29.6. The second-order valence-electron chi connectivity index (χ2n) is 11.3.